The van der Waals surface area contributed by atoms with Crippen LogP contribution in [0.2, 0.25) is 0 Å². The van der Waals surface area contributed by atoms with Gasteiger partial charge in [-0.1, -0.05) is 13.3 Å². The van der Waals surface area contributed by atoms with Crippen LogP contribution in [0.15, 0.2) is 30.6 Å². The summed E-state index contributed by atoms with van der Waals surface area (Å²) in [5.41, 5.74) is 0.500. The Labute approximate surface area is 146 Å². The Hall–Kier alpha value is -2.90. The Bertz CT molecular complexity index is 704. The Balaban J connectivity index is 2.17. The smallest absolute Gasteiger partial charge is 0.353 e. The monoisotopic (exact) mass is 345 g/mol. The van der Waals surface area contributed by atoms with Crippen LogP contribution in [0.4, 0.5) is 23.0 Å². The van der Waals surface area contributed by atoms with E-state index < -0.39 is 4.92 Å². The Morgan fingerprint density at radius 2 is 1.88 bits per heavy atom. The molecular formula is C17H23N5O3. The lowest BCUT2D eigenvalue weighted by atomic mass is 10.3. The summed E-state index contributed by atoms with van der Waals surface area (Å²) in [7, 11) is 0. The van der Waals surface area contributed by atoms with Crippen LogP contribution in [0, 0.1) is 10.1 Å². The molecule has 0 aliphatic heterocycles. The maximum absolute atomic E-state index is 11.4. The van der Waals surface area contributed by atoms with Gasteiger partial charge in [-0.3, -0.25) is 10.1 Å². The van der Waals surface area contributed by atoms with Crippen molar-refractivity contribution in [3.05, 3.63) is 40.7 Å². The predicted molar refractivity (Wildman–Crippen MR) is 97.6 cm³/mol. The SMILES string of the molecule is CCCCOc1ccc(Nc2ncnc(NC(C)C)c2[N+](=O)[O-])cc1. The quantitative estimate of drug-likeness (QED) is 0.400. The third-order valence-electron chi connectivity index (χ3n) is 3.31. The van der Waals surface area contributed by atoms with Gasteiger partial charge in [-0.2, -0.15) is 0 Å². The van der Waals surface area contributed by atoms with E-state index >= 15 is 0 Å². The number of anilines is 3. The number of unbranched alkanes of at least 4 members (excludes halogenated alkanes) is 1. The minimum absolute atomic E-state index is 0.0148. The lowest BCUT2D eigenvalue weighted by Crippen LogP contribution is -2.14. The molecule has 0 saturated carbocycles. The summed E-state index contributed by atoms with van der Waals surface area (Å²) in [4.78, 5) is 18.9. The van der Waals surface area contributed by atoms with Crippen molar-refractivity contribution in [3.63, 3.8) is 0 Å². The van der Waals surface area contributed by atoms with E-state index in [2.05, 4.69) is 27.5 Å². The molecule has 0 aliphatic carbocycles. The average Bonchev–Trinajstić information content (AvgIpc) is 2.56. The fraction of sp³-hybridized carbons (Fsp3) is 0.412. The van der Waals surface area contributed by atoms with E-state index in [4.69, 9.17) is 4.74 Å². The molecule has 0 radical (unpaired) electrons. The van der Waals surface area contributed by atoms with E-state index in [1.54, 1.807) is 12.1 Å². The highest BCUT2D eigenvalue weighted by Gasteiger charge is 2.23. The van der Waals surface area contributed by atoms with Crippen LogP contribution in [0.25, 0.3) is 0 Å². The highest BCUT2D eigenvalue weighted by Crippen LogP contribution is 2.31. The minimum atomic E-state index is -0.491. The first kappa shape index (κ1) is 18.4. The Kier molecular flexibility index (Phi) is 6.50. The second-order valence-electron chi connectivity index (χ2n) is 5.83. The van der Waals surface area contributed by atoms with Gasteiger partial charge in [-0.25, -0.2) is 9.97 Å². The first-order valence-electron chi connectivity index (χ1n) is 8.27. The highest BCUT2D eigenvalue weighted by atomic mass is 16.6. The molecule has 8 nitrogen and oxygen atoms in total. The van der Waals surface area contributed by atoms with Gasteiger partial charge in [0.05, 0.1) is 11.5 Å². The number of ether oxygens (including phenoxy) is 1. The second kappa shape index (κ2) is 8.81. The van der Waals surface area contributed by atoms with E-state index in [-0.39, 0.29) is 23.4 Å². The third-order valence-corrected chi connectivity index (χ3v) is 3.31. The number of nitro groups is 1. The van der Waals surface area contributed by atoms with Crippen LogP contribution in [0.1, 0.15) is 33.6 Å². The van der Waals surface area contributed by atoms with Crippen LogP contribution in [0.3, 0.4) is 0 Å². The first-order chi connectivity index (χ1) is 12.0. The van der Waals surface area contributed by atoms with Gasteiger partial charge in [0.25, 0.3) is 0 Å². The average molecular weight is 345 g/mol. The Morgan fingerprint density at radius 1 is 1.20 bits per heavy atom. The fourth-order valence-electron chi connectivity index (χ4n) is 2.13. The van der Waals surface area contributed by atoms with Gasteiger partial charge in [0.2, 0.25) is 11.6 Å². The molecule has 25 heavy (non-hydrogen) atoms. The maximum atomic E-state index is 11.4. The molecule has 0 fully saturated rings. The van der Waals surface area contributed by atoms with Crippen LogP contribution in [-0.2, 0) is 0 Å². The van der Waals surface area contributed by atoms with Gasteiger partial charge < -0.3 is 15.4 Å². The van der Waals surface area contributed by atoms with Crippen molar-refractivity contribution in [2.75, 3.05) is 17.2 Å². The molecule has 0 unspecified atom stereocenters. The largest absolute Gasteiger partial charge is 0.494 e. The van der Waals surface area contributed by atoms with Crippen LogP contribution in [-0.4, -0.2) is 27.5 Å². The summed E-state index contributed by atoms with van der Waals surface area (Å²) >= 11 is 0. The summed E-state index contributed by atoms with van der Waals surface area (Å²) in [5.74, 6) is 1.10. The Morgan fingerprint density at radius 3 is 2.48 bits per heavy atom. The van der Waals surface area contributed by atoms with Crippen molar-refractivity contribution < 1.29 is 9.66 Å². The number of aromatic nitrogens is 2. The van der Waals surface area contributed by atoms with Gasteiger partial charge >= 0.3 is 5.69 Å². The van der Waals surface area contributed by atoms with E-state index in [1.807, 2.05) is 26.0 Å². The summed E-state index contributed by atoms with van der Waals surface area (Å²) in [6.07, 6.45) is 3.37. The van der Waals surface area contributed by atoms with Gasteiger partial charge in [0.1, 0.15) is 12.1 Å². The molecule has 0 amide bonds. The third kappa shape index (κ3) is 5.30. The van der Waals surface area contributed by atoms with Crippen molar-refractivity contribution >= 4 is 23.0 Å². The zero-order chi connectivity index (χ0) is 18.2. The number of hydrogen-bond donors (Lipinski definition) is 2. The van der Waals surface area contributed by atoms with Crippen molar-refractivity contribution in [2.24, 2.45) is 0 Å². The predicted octanol–water partition coefficient (Wildman–Crippen LogP) is 4.13. The zero-order valence-corrected chi connectivity index (χ0v) is 14.7. The van der Waals surface area contributed by atoms with E-state index in [0.717, 1.165) is 18.6 Å². The van der Waals surface area contributed by atoms with Crippen molar-refractivity contribution in [1.82, 2.24) is 9.97 Å². The molecule has 8 heteroatoms. The minimum Gasteiger partial charge on any atom is -0.494 e. The molecule has 1 heterocycles. The van der Waals surface area contributed by atoms with Crippen LogP contribution >= 0.6 is 0 Å². The number of nitrogens with zero attached hydrogens (tertiary/aromatic N) is 3. The van der Waals surface area contributed by atoms with Gasteiger partial charge in [0, 0.05) is 11.7 Å². The number of nitrogens with one attached hydrogen (secondary N) is 2. The lowest BCUT2D eigenvalue weighted by Gasteiger charge is -2.12. The molecule has 0 bridgehead atoms. The number of hydrogen-bond acceptors (Lipinski definition) is 7. The van der Waals surface area contributed by atoms with Crippen LogP contribution in [0.5, 0.6) is 5.75 Å². The van der Waals surface area contributed by atoms with Crippen molar-refractivity contribution in [1.29, 1.82) is 0 Å². The van der Waals surface area contributed by atoms with Crippen LogP contribution < -0.4 is 15.4 Å². The molecule has 0 aliphatic rings. The number of rotatable bonds is 9. The molecule has 0 saturated heterocycles. The summed E-state index contributed by atoms with van der Waals surface area (Å²) in [6, 6.07) is 7.24. The highest BCUT2D eigenvalue weighted by molar-refractivity contribution is 5.73. The summed E-state index contributed by atoms with van der Waals surface area (Å²) < 4.78 is 5.60. The summed E-state index contributed by atoms with van der Waals surface area (Å²) in [5, 5.41) is 17.4. The first-order valence-corrected chi connectivity index (χ1v) is 8.27. The number of benzene rings is 1. The van der Waals surface area contributed by atoms with Gasteiger partial charge in [-0.05, 0) is 44.5 Å². The molecule has 0 spiro atoms. The second-order valence-corrected chi connectivity index (χ2v) is 5.83. The van der Waals surface area contributed by atoms with Crippen molar-refractivity contribution in [2.45, 2.75) is 39.7 Å². The maximum Gasteiger partial charge on any atom is 0.353 e. The molecule has 0 atom stereocenters. The molecule has 2 aromatic rings. The van der Waals surface area contributed by atoms with E-state index in [1.165, 1.54) is 6.33 Å². The molecule has 2 rings (SSSR count). The van der Waals surface area contributed by atoms with Gasteiger partial charge in [0.15, 0.2) is 0 Å². The molecular weight excluding hydrogens is 322 g/mol. The van der Waals surface area contributed by atoms with Gasteiger partial charge in [-0.15, -0.1) is 0 Å². The standard InChI is InChI=1S/C17H23N5O3/c1-4-5-10-25-14-8-6-13(7-9-14)21-17-15(22(23)24)16(18-11-19-17)20-12(2)3/h6-9,11-12H,4-5,10H2,1-3H3,(H2,18,19,20,21). The summed E-state index contributed by atoms with van der Waals surface area (Å²) in [6.45, 7) is 6.55. The molecule has 1 aromatic carbocycles. The molecule has 1 aromatic heterocycles. The van der Waals surface area contributed by atoms with E-state index in [0.29, 0.717) is 12.3 Å². The fourth-order valence-corrected chi connectivity index (χ4v) is 2.13. The topological polar surface area (TPSA) is 102 Å². The lowest BCUT2D eigenvalue weighted by molar-refractivity contribution is -0.383. The zero-order valence-electron chi connectivity index (χ0n) is 14.7. The molecule has 134 valence electrons. The van der Waals surface area contributed by atoms with Crippen molar-refractivity contribution in [3.8, 4) is 5.75 Å². The normalized spacial score (nSPS) is 10.6. The molecule has 2 N–H and O–H groups in total. The van der Waals surface area contributed by atoms with E-state index in [9.17, 15) is 10.1 Å².